The first kappa shape index (κ1) is 15.5. The Morgan fingerprint density at radius 1 is 1.25 bits per heavy atom. The molecule has 5 heteroatoms. The third-order valence-electron chi connectivity index (χ3n) is 3.59. The van der Waals surface area contributed by atoms with E-state index in [9.17, 15) is 8.42 Å². The SMILES string of the molecule is Cc1ccc(S(=O)(=O)CC(C)NC2CCOCC2)cc1. The van der Waals surface area contributed by atoms with Crippen LogP contribution in [0.15, 0.2) is 29.2 Å². The largest absolute Gasteiger partial charge is 0.381 e. The van der Waals surface area contributed by atoms with Crippen molar-refractivity contribution in [2.75, 3.05) is 19.0 Å². The van der Waals surface area contributed by atoms with Crippen LogP contribution in [0, 0.1) is 6.92 Å². The number of hydrogen-bond acceptors (Lipinski definition) is 4. The van der Waals surface area contributed by atoms with Crippen LogP contribution in [0.1, 0.15) is 25.3 Å². The van der Waals surface area contributed by atoms with Gasteiger partial charge in [-0.1, -0.05) is 17.7 Å². The summed E-state index contributed by atoms with van der Waals surface area (Å²) in [5.41, 5.74) is 1.07. The van der Waals surface area contributed by atoms with E-state index in [-0.39, 0.29) is 11.8 Å². The van der Waals surface area contributed by atoms with E-state index in [1.54, 1.807) is 12.1 Å². The highest BCUT2D eigenvalue weighted by Gasteiger charge is 2.21. The maximum Gasteiger partial charge on any atom is 0.179 e. The summed E-state index contributed by atoms with van der Waals surface area (Å²) < 4.78 is 30.0. The minimum atomic E-state index is -3.22. The second-order valence-electron chi connectivity index (χ2n) is 5.55. The zero-order valence-corrected chi connectivity index (χ0v) is 12.9. The van der Waals surface area contributed by atoms with Crippen LogP contribution >= 0.6 is 0 Å². The van der Waals surface area contributed by atoms with Crippen LogP contribution in [-0.4, -0.2) is 39.5 Å². The molecule has 2 rings (SSSR count). The third kappa shape index (κ3) is 4.30. The molecule has 1 aliphatic rings. The van der Waals surface area contributed by atoms with Crippen LogP contribution in [0.25, 0.3) is 0 Å². The molecule has 0 spiro atoms. The summed E-state index contributed by atoms with van der Waals surface area (Å²) >= 11 is 0. The van der Waals surface area contributed by atoms with Crippen LogP contribution < -0.4 is 5.32 Å². The molecule has 1 saturated heterocycles. The Morgan fingerprint density at radius 3 is 2.45 bits per heavy atom. The van der Waals surface area contributed by atoms with Gasteiger partial charge in [-0.05, 0) is 38.8 Å². The summed E-state index contributed by atoms with van der Waals surface area (Å²) in [4.78, 5) is 0.406. The van der Waals surface area contributed by atoms with Crippen LogP contribution in [0.3, 0.4) is 0 Å². The molecular formula is C15H23NO3S. The minimum Gasteiger partial charge on any atom is -0.381 e. The van der Waals surface area contributed by atoms with E-state index in [2.05, 4.69) is 5.32 Å². The van der Waals surface area contributed by atoms with Crippen LogP contribution in [0.4, 0.5) is 0 Å². The molecule has 1 fully saturated rings. The molecule has 1 aromatic rings. The normalized spacial score (nSPS) is 18.9. The summed E-state index contributed by atoms with van der Waals surface area (Å²) in [7, 11) is -3.22. The summed E-state index contributed by atoms with van der Waals surface area (Å²) in [5.74, 6) is 0.132. The molecule has 1 atom stereocenters. The standard InChI is InChI=1S/C15H23NO3S/c1-12-3-5-15(6-4-12)20(17,18)11-13(2)16-14-7-9-19-10-8-14/h3-6,13-14,16H,7-11H2,1-2H3. The maximum absolute atomic E-state index is 12.3. The first-order valence-electron chi connectivity index (χ1n) is 7.10. The van der Waals surface area contributed by atoms with Gasteiger partial charge >= 0.3 is 0 Å². The second kappa shape index (κ2) is 6.70. The van der Waals surface area contributed by atoms with Gasteiger partial charge in [0.25, 0.3) is 0 Å². The lowest BCUT2D eigenvalue weighted by Crippen LogP contribution is -2.43. The molecule has 1 aliphatic heterocycles. The maximum atomic E-state index is 12.3. The summed E-state index contributed by atoms with van der Waals surface area (Å²) in [5, 5.41) is 3.40. The van der Waals surface area contributed by atoms with Crippen molar-refractivity contribution in [3.05, 3.63) is 29.8 Å². The molecular weight excluding hydrogens is 274 g/mol. The highest BCUT2D eigenvalue weighted by Crippen LogP contribution is 2.14. The minimum absolute atomic E-state index is 0.0515. The smallest absolute Gasteiger partial charge is 0.179 e. The Labute approximate surface area is 121 Å². The molecule has 0 radical (unpaired) electrons. The highest BCUT2D eigenvalue weighted by molar-refractivity contribution is 7.91. The molecule has 0 aromatic heterocycles. The molecule has 1 unspecified atom stereocenters. The molecule has 20 heavy (non-hydrogen) atoms. The number of rotatable bonds is 5. The molecule has 0 amide bonds. The fraction of sp³-hybridized carbons (Fsp3) is 0.600. The second-order valence-corrected chi connectivity index (χ2v) is 7.58. The molecule has 1 aromatic carbocycles. The predicted molar refractivity (Wildman–Crippen MR) is 79.7 cm³/mol. The van der Waals surface area contributed by atoms with E-state index in [0.29, 0.717) is 10.9 Å². The third-order valence-corrected chi connectivity index (χ3v) is 5.52. The summed E-state index contributed by atoms with van der Waals surface area (Å²) in [6.45, 7) is 5.40. The van der Waals surface area contributed by atoms with Crippen molar-refractivity contribution in [2.24, 2.45) is 0 Å². The van der Waals surface area contributed by atoms with Crippen LogP contribution in [0.5, 0.6) is 0 Å². The van der Waals surface area contributed by atoms with E-state index >= 15 is 0 Å². The molecule has 4 nitrogen and oxygen atoms in total. The van der Waals surface area contributed by atoms with Crippen molar-refractivity contribution >= 4 is 9.84 Å². The lowest BCUT2D eigenvalue weighted by atomic mass is 10.1. The number of sulfone groups is 1. The molecule has 0 saturated carbocycles. The van der Waals surface area contributed by atoms with E-state index in [0.717, 1.165) is 31.6 Å². The van der Waals surface area contributed by atoms with Crippen LogP contribution in [-0.2, 0) is 14.6 Å². The van der Waals surface area contributed by atoms with Crippen molar-refractivity contribution in [3.63, 3.8) is 0 Å². The summed E-state index contributed by atoms with van der Waals surface area (Å²) in [6.07, 6.45) is 1.91. The Morgan fingerprint density at radius 2 is 1.85 bits per heavy atom. The van der Waals surface area contributed by atoms with Gasteiger partial charge in [-0.25, -0.2) is 8.42 Å². The molecule has 1 heterocycles. The fourth-order valence-electron chi connectivity index (χ4n) is 2.49. The Balaban J connectivity index is 1.95. The average molecular weight is 297 g/mol. The van der Waals surface area contributed by atoms with Crippen molar-refractivity contribution < 1.29 is 13.2 Å². The van der Waals surface area contributed by atoms with Gasteiger partial charge in [-0.3, -0.25) is 0 Å². The number of ether oxygens (including phenoxy) is 1. The van der Waals surface area contributed by atoms with Gasteiger partial charge in [-0.15, -0.1) is 0 Å². The van der Waals surface area contributed by atoms with Crippen molar-refractivity contribution in [1.29, 1.82) is 0 Å². The number of nitrogens with one attached hydrogen (secondary N) is 1. The van der Waals surface area contributed by atoms with Gasteiger partial charge < -0.3 is 10.1 Å². The number of aryl methyl sites for hydroxylation is 1. The topological polar surface area (TPSA) is 55.4 Å². The number of benzene rings is 1. The van der Waals surface area contributed by atoms with Crippen molar-refractivity contribution in [3.8, 4) is 0 Å². The predicted octanol–water partition coefficient (Wildman–Crippen LogP) is 1.93. The molecule has 0 aliphatic carbocycles. The number of hydrogen-bond donors (Lipinski definition) is 1. The quantitative estimate of drug-likeness (QED) is 0.902. The Kier molecular flexibility index (Phi) is 5.18. The van der Waals surface area contributed by atoms with Crippen LogP contribution in [0.2, 0.25) is 0 Å². The van der Waals surface area contributed by atoms with Crippen molar-refractivity contribution in [1.82, 2.24) is 5.32 Å². The van der Waals surface area contributed by atoms with Gasteiger partial charge in [0.15, 0.2) is 9.84 Å². The molecule has 1 N–H and O–H groups in total. The van der Waals surface area contributed by atoms with Crippen molar-refractivity contribution in [2.45, 2.75) is 43.7 Å². The highest BCUT2D eigenvalue weighted by atomic mass is 32.2. The fourth-order valence-corrected chi connectivity index (χ4v) is 3.98. The van der Waals surface area contributed by atoms with Gasteiger partial charge in [0.1, 0.15) is 0 Å². The summed E-state index contributed by atoms with van der Waals surface area (Å²) in [6, 6.07) is 7.36. The van der Waals surface area contributed by atoms with E-state index < -0.39 is 9.84 Å². The van der Waals surface area contributed by atoms with Gasteiger partial charge in [-0.2, -0.15) is 0 Å². The average Bonchev–Trinajstić information content (AvgIpc) is 2.39. The first-order valence-corrected chi connectivity index (χ1v) is 8.76. The zero-order chi connectivity index (χ0) is 14.6. The van der Waals surface area contributed by atoms with Gasteiger partial charge in [0.2, 0.25) is 0 Å². The lowest BCUT2D eigenvalue weighted by molar-refractivity contribution is 0.0761. The Bertz CT molecular complexity index is 519. The van der Waals surface area contributed by atoms with E-state index in [4.69, 9.17) is 4.74 Å². The van der Waals surface area contributed by atoms with Gasteiger partial charge in [0.05, 0.1) is 10.6 Å². The Hall–Kier alpha value is -0.910. The zero-order valence-electron chi connectivity index (χ0n) is 12.1. The molecule has 112 valence electrons. The first-order chi connectivity index (χ1) is 9.47. The monoisotopic (exact) mass is 297 g/mol. The lowest BCUT2D eigenvalue weighted by Gasteiger charge is -2.26. The van der Waals surface area contributed by atoms with Gasteiger partial charge in [0, 0.05) is 25.3 Å². The molecule has 0 bridgehead atoms. The van der Waals surface area contributed by atoms with E-state index in [1.165, 1.54) is 0 Å². The van der Waals surface area contributed by atoms with E-state index in [1.807, 2.05) is 26.0 Å².